The first-order chi connectivity index (χ1) is 9.49. The smallest absolute Gasteiger partial charge is 0.107 e. The highest BCUT2D eigenvalue weighted by Gasteiger charge is 2.12. The van der Waals surface area contributed by atoms with Crippen molar-refractivity contribution in [2.24, 2.45) is 5.73 Å². The van der Waals surface area contributed by atoms with Crippen molar-refractivity contribution in [3.8, 4) is 0 Å². The molecule has 0 aliphatic carbocycles. The van der Waals surface area contributed by atoms with E-state index in [0.29, 0.717) is 4.99 Å². The molecule has 0 radical (unpaired) electrons. The standard InChI is InChI=1S/C15H14BrClN2S/c1-9(10-5-7-11(17)8-6-10)19-13-4-2-3-12(16)14(13)15(18)20/h2-9,19H,1H3,(H2,18,20). The molecule has 0 heterocycles. The van der Waals surface area contributed by atoms with Gasteiger partial charge in [-0.05, 0) is 52.7 Å². The van der Waals surface area contributed by atoms with Crippen LogP contribution >= 0.6 is 39.7 Å². The fourth-order valence-electron chi connectivity index (χ4n) is 1.96. The van der Waals surface area contributed by atoms with E-state index in [9.17, 15) is 0 Å². The number of nitrogens with two attached hydrogens (primary N) is 1. The molecule has 0 aliphatic heterocycles. The topological polar surface area (TPSA) is 38.0 Å². The van der Waals surface area contributed by atoms with Gasteiger partial charge in [-0.15, -0.1) is 0 Å². The summed E-state index contributed by atoms with van der Waals surface area (Å²) >= 11 is 14.5. The van der Waals surface area contributed by atoms with Gasteiger partial charge in [-0.1, -0.05) is 42.0 Å². The second-order valence-corrected chi connectivity index (χ2v) is 6.17. The predicted octanol–water partition coefficient (Wildman–Crippen LogP) is 4.91. The normalized spacial score (nSPS) is 11.9. The van der Waals surface area contributed by atoms with Crippen LogP contribution in [-0.4, -0.2) is 4.99 Å². The molecule has 0 aliphatic rings. The number of benzene rings is 2. The zero-order chi connectivity index (χ0) is 14.7. The van der Waals surface area contributed by atoms with Gasteiger partial charge in [0, 0.05) is 26.8 Å². The van der Waals surface area contributed by atoms with E-state index in [-0.39, 0.29) is 6.04 Å². The van der Waals surface area contributed by atoms with Crippen LogP contribution in [-0.2, 0) is 0 Å². The number of hydrogen-bond donors (Lipinski definition) is 2. The number of rotatable bonds is 4. The highest BCUT2D eigenvalue weighted by atomic mass is 79.9. The molecule has 0 spiro atoms. The summed E-state index contributed by atoms with van der Waals surface area (Å²) in [5.74, 6) is 0. The average Bonchev–Trinajstić information content (AvgIpc) is 2.39. The van der Waals surface area contributed by atoms with Crippen molar-refractivity contribution >= 4 is 50.4 Å². The van der Waals surface area contributed by atoms with Crippen molar-refractivity contribution in [2.45, 2.75) is 13.0 Å². The van der Waals surface area contributed by atoms with E-state index in [0.717, 1.165) is 26.3 Å². The Labute approximate surface area is 137 Å². The van der Waals surface area contributed by atoms with Gasteiger partial charge in [0.15, 0.2) is 0 Å². The van der Waals surface area contributed by atoms with E-state index in [2.05, 4.69) is 28.2 Å². The molecule has 2 aromatic rings. The third-order valence-corrected chi connectivity index (χ3v) is 4.12. The van der Waals surface area contributed by atoms with Gasteiger partial charge in [0.25, 0.3) is 0 Å². The van der Waals surface area contributed by atoms with Crippen LogP contribution in [0.15, 0.2) is 46.9 Å². The number of thiocarbonyl (C=S) groups is 1. The van der Waals surface area contributed by atoms with Crippen molar-refractivity contribution in [2.75, 3.05) is 5.32 Å². The van der Waals surface area contributed by atoms with Gasteiger partial charge in [-0.3, -0.25) is 0 Å². The monoisotopic (exact) mass is 368 g/mol. The van der Waals surface area contributed by atoms with Gasteiger partial charge < -0.3 is 11.1 Å². The first kappa shape index (κ1) is 15.3. The zero-order valence-corrected chi connectivity index (χ0v) is 14.0. The van der Waals surface area contributed by atoms with Gasteiger partial charge in [-0.2, -0.15) is 0 Å². The number of hydrogen-bond acceptors (Lipinski definition) is 2. The summed E-state index contributed by atoms with van der Waals surface area (Å²) in [6, 6.07) is 13.7. The Morgan fingerprint density at radius 2 is 1.90 bits per heavy atom. The van der Waals surface area contributed by atoms with Gasteiger partial charge in [0.05, 0.1) is 0 Å². The molecule has 1 unspecified atom stereocenters. The predicted molar refractivity (Wildman–Crippen MR) is 93.5 cm³/mol. The average molecular weight is 370 g/mol. The van der Waals surface area contributed by atoms with Crippen molar-refractivity contribution in [3.63, 3.8) is 0 Å². The first-order valence-corrected chi connectivity index (χ1v) is 7.67. The van der Waals surface area contributed by atoms with Crippen LogP contribution in [0, 0.1) is 0 Å². The van der Waals surface area contributed by atoms with E-state index in [1.165, 1.54) is 0 Å². The van der Waals surface area contributed by atoms with Crippen LogP contribution in [0.4, 0.5) is 5.69 Å². The highest BCUT2D eigenvalue weighted by molar-refractivity contribution is 9.10. The van der Waals surface area contributed by atoms with Gasteiger partial charge in [0.2, 0.25) is 0 Å². The summed E-state index contributed by atoms with van der Waals surface area (Å²) in [5.41, 5.74) is 8.67. The second-order valence-electron chi connectivity index (χ2n) is 4.44. The molecule has 0 fully saturated rings. The van der Waals surface area contributed by atoms with E-state index in [1.807, 2.05) is 42.5 Å². The summed E-state index contributed by atoms with van der Waals surface area (Å²) in [5, 5.41) is 4.16. The molecule has 2 aromatic carbocycles. The van der Waals surface area contributed by atoms with E-state index in [4.69, 9.17) is 29.6 Å². The molecule has 3 N–H and O–H groups in total. The highest BCUT2D eigenvalue weighted by Crippen LogP contribution is 2.28. The Hall–Kier alpha value is -1.10. The van der Waals surface area contributed by atoms with E-state index < -0.39 is 0 Å². The molecule has 20 heavy (non-hydrogen) atoms. The van der Waals surface area contributed by atoms with Crippen LogP contribution in [0.5, 0.6) is 0 Å². The van der Waals surface area contributed by atoms with Crippen LogP contribution < -0.4 is 11.1 Å². The minimum absolute atomic E-state index is 0.120. The SMILES string of the molecule is CC(Nc1cccc(Br)c1C(N)=S)c1ccc(Cl)cc1. The maximum atomic E-state index is 5.90. The first-order valence-electron chi connectivity index (χ1n) is 6.09. The molecular formula is C15H14BrClN2S. The summed E-state index contributed by atoms with van der Waals surface area (Å²) in [6.45, 7) is 2.08. The Bertz CT molecular complexity index is 628. The van der Waals surface area contributed by atoms with E-state index >= 15 is 0 Å². The van der Waals surface area contributed by atoms with Gasteiger partial charge in [0.1, 0.15) is 4.99 Å². The summed E-state index contributed by atoms with van der Waals surface area (Å²) in [4.78, 5) is 0.364. The molecular weight excluding hydrogens is 356 g/mol. The largest absolute Gasteiger partial charge is 0.389 e. The fraction of sp³-hybridized carbons (Fsp3) is 0.133. The fourth-order valence-corrected chi connectivity index (χ4v) is 3.02. The molecule has 0 aromatic heterocycles. The summed E-state index contributed by atoms with van der Waals surface area (Å²) < 4.78 is 0.887. The van der Waals surface area contributed by atoms with Crippen LogP contribution in [0.1, 0.15) is 24.1 Å². The third-order valence-electron chi connectivity index (χ3n) is 3.00. The molecule has 0 saturated carbocycles. The number of anilines is 1. The van der Waals surface area contributed by atoms with Crippen molar-refractivity contribution in [3.05, 3.63) is 63.1 Å². The molecule has 0 amide bonds. The quantitative estimate of drug-likeness (QED) is 0.752. The molecule has 2 rings (SSSR count). The maximum Gasteiger partial charge on any atom is 0.107 e. The van der Waals surface area contributed by atoms with Gasteiger partial charge in [-0.25, -0.2) is 0 Å². The molecule has 1 atom stereocenters. The summed E-state index contributed by atoms with van der Waals surface area (Å²) in [7, 11) is 0. The van der Waals surface area contributed by atoms with Crippen molar-refractivity contribution < 1.29 is 0 Å². The number of nitrogens with one attached hydrogen (secondary N) is 1. The van der Waals surface area contributed by atoms with Gasteiger partial charge >= 0.3 is 0 Å². The maximum absolute atomic E-state index is 5.90. The Kier molecular flexibility index (Phi) is 5.02. The van der Waals surface area contributed by atoms with Crippen LogP contribution in [0.3, 0.4) is 0 Å². The molecule has 0 bridgehead atoms. The molecule has 0 saturated heterocycles. The minimum Gasteiger partial charge on any atom is -0.389 e. The lowest BCUT2D eigenvalue weighted by Gasteiger charge is -2.19. The second kappa shape index (κ2) is 6.57. The third kappa shape index (κ3) is 3.51. The molecule has 2 nitrogen and oxygen atoms in total. The van der Waals surface area contributed by atoms with Crippen LogP contribution in [0.25, 0.3) is 0 Å². The Morgan fingerprint density at radius 3 is 2.50 bits per heavy atom. The zero-order valence-electron chi connectivity index (χ0n) is 10.9. The van der Waals surface area contributed by atoms with E-state index in [1.54, 1.807) is 0 Å². The lowest BCUT2D eigenvalue weighted by molar-refractivity contribution is 0.884. The van der Waals surface area contributed by atoms with Crippen molar-refractivity contribution in [1.29, 1.82) is 0 Å². The van der Waals surface area contributed by atoms with Crippen molar-refractivity contribution in [1.82, 2.24) is 0 Å². The minimum atomic E-state index is 0.120. The summed E-state index contributed by atoms with van der Waals surface area (Å²) in [6.07, 6.45) is 0. The lowest BCUT2D eigenvalue weighted by atomic mass is 10.1. The molecule has 5 heteroatoms. The Morgan fingerprint density at radius 1 is 1.25 bits per heavy atom. The lowest BCUT2D eigenvalue weighted by Crippen LogP contribution is -2.15. The molecule has 104 valence electrons. The Balaban J connectivity index is 2.28. The van der Waals surface area contributed by atoms with Crippen LogP contribution in [0.2, 0.25) is 5.02 Å². The number of halogens is 2.